The second-order valence-corrected chi connectivity index (χ2v) is 6.94. The summed E-state index contributed by atoms with van der Waals surface area (Å²) in [7, 11) is 0. The predicted octanol–water partition coefficient (Wildman–Crippen LogP) is 2.78. The second-order valence-electron chi connectivity index (χ2n) is 6.08. The number of thiazole rings is 1. The molecule has 2 bridgehead atoms. The molecule has 2 aliphatic heterocycles. The van der Waals surface area contributed by atoms with Gasteiger partial charge in [-0.2, -0.15) is 0 Å². The van der Waals surface area contributed by atoms with Crippen LogP contribution in [0.25, 0.3) is 10.6 Å². The molecule has 5 heteroatoms. The lowest BCUT2D eigenvalue weighted by Gasteiger charge is -2.23. The molecule has 0 saturated carbocycles. The van der Waals surface area contributed by atoms with E-state index in [2.05, 4.69) is 10.3 Å². The molecule has 3 heterocycles. The summed E-state index contributed by atoms with van der Waals surface area (Å²) in [5, 5.41) is 6.41. The summed E-state index contributed by atoms with van der Waals surface area (Å²) in [5.41, 5.74) is 1.66. The summed E-state index contributed by atoms with van der Waals surface area (Å²) in [6, 6.07) is 11.1. The number of likely N-dealkylation sites (tertiary alicyclic amines) is 1. The van der Waals surface area contributed by atoms with Crippen molar-refractivity contribution in [3.8, 4) is 10.6 Å². The Morgan fingerprint density at radius 2 is 2.00 bits per heavy atom. The van der Waals surface area contributed by atoms with E-state index in [9.17, 15) is 4.79 Å². The molecule has 2 aromatic rings. The summed E-state index contributed by atoms with van der Waals surface area (Å²) in [5.74, 6) is 0.0766. The fourth-order valence-electron chi connectivity index (χ4n) is 3.37. The fourth-order valence-corrected chi connectivity index (χ4v) is 4.17. The summed E-state index contributed by atoms with van der Waals surface area (Å²) in [6.45, 7) is 1.65. The quantitative estimate of drug-likeness (QED) is 0.927. The molecular weight excluding hydrogens is 294 g/mol. The first-order valence-corrected chi connectivity index (χ1v) is 8.74. The van der Waals surface area contributed by atoms with Crippen LogP contribution in [-0.2, 0) is 0 Å². The molecule has 1 amide bonds. The number of amides is 1. The predicted molar refractivity (Wildman–Crippen MR) is 88.0 cm³/mol. The first-order chi connectivity index (χ1) is 10.8. The molecule has 114 valence electrons. The molecule has 2 saturated heterocycles. The molecule has 2 aliphatic rings. The summed E-state index contributed by atoms with van der Waals surface area (Å²) in [6.07, 6.45) is 3.49. The average Bonchev–Trinajstić information content (AvgIpc) is 3.14. The number of hydrogen-bond acceptors (Lipinski definition) is 4. The van der Waals surface area contributed by atoms with Crippen molar-refractivity contribution >= 4 is 17.2 Å². The van der Waals surface area contributed by atoms with Crippen LogP contribution >= 0.6 is 11.3 Å². The van der Waals surface area contributed by atoms with Crippen LogP contribution in [0.2, 0.25) is 0 Å². The van der Waals surface area contributed by atoms with Gasteiger partial charge in [0.05, 0.1) is 0 Å². The maximum absolute atomic E-state index is 12.7. The monoisotopic (exact) mass is 313 g/mol. The van der Waals surface area contributed by atoms with Crippen molar-refractivity contribution < 1.29 is 4.79 Å². The van der Waals surface area contributed by atoms with E-state index in [0.717, 1.165) is 30.1 Å². The minimum Gasteiger partial charge on any atom is -0.336 e. The average molecular weight is 313 g/mol. The number of fused-ring (bicyclic) bond motifs is 2. The Balaban J connectivity index is 1.52. The lowest BCUT2D eigenvalue weighted by Crippen LogP contribution is -2.39. The molecule has 2 fully saturated rings. The largest absolute Gasteiger partial charge is 0.336 e. The lowest BCUT2D eigenvalue weighted by molar-refractivity contribution is 0.0743. The van der Waals surface area contributed by atoms with Gasteiger partial charge in [0.25, 0.3) is 5.91 Å². The first-order valence-electron chi connectivity index (χ1n) is 7.86. The van der Waals surface area contributed by atoms with E-state index in [1.165, 1.54) is 12.8 Å². The van der Waals surface area contributed by atoms with Gasteiger partial charge in [-0.05, 0) is 19.3 Å². The highest BCUT2D eigenvalue weighted by atomic mass is 32.1. The Bertz CT molecular complexity index is 670. The number of nitrogens with zero attached hydrogens (tertiary/aromatic N) is 2. The van der Waals surface area contributed by atoms with Crippen LogP contribution in [0.1, 0.15) is 29.8 Å². The summed E-state index contributed by atoms with van der Waals surface area (Å²) < 4.78 is 0. The van der Waals surface area contributed by atoms with Crippen molar-refractivity contribution in [1.82, 2.24) is 15.2 Å². The van der Waals surface area contributed by atoms with Gasteiger partial charge in [0, 0.05) is 36.1 Å². The van der Waals surface area contributed by atoms with Gasteiger partial charge in [0.15, 0.2) is 0 Å². The van der Waals surface area contributed by atoms with Gasteiger partial charge in [-0.1, -0.05) is 30.3 Å². The zero-order chi connectivity index (χ0) is 14.9. The van der Waals surface area contributed by atoms with Crippen molar-refractivity contribution in [1.29, 1.82) is 0 Å². The third kappa shape index (κ3) is 2.66. The van der Waals surface area contributed by atoms with Crippen molar-refractivity contribution in [3.05, 3.63) is 41.4 Å². The van der Waals surface area contributed by atoms with Gasteiger partial charge in [0.1, 0.15) is 10.7 Å². The van der Waals surface area contributed by atoms with E-state index < -0.39 is 0 Å². The third-order valence-corrected chi connectivity index (χ3v) is 5.45. The molecule has 2 atom stereocenters. The van der Waals surface area contributed by atoms with Crippen LogP contribution in [0.3, 0.4) is 0 Å². The first kappa shape index (κ1) is 13.9. The summed E-state index contributed by atoms with van der Waals surface area (Å²) in [4.78, 5) is 19.2. The molecule has 0 radical (unpaired) electrons. The van der Waals surface area contributed by atoms with Crippen molar-refractivity contribution in [2.24, 2.45) is 0 Å². The highest BCUT2D eigenvalue weighted by molar-refractivity contribution is 7.13. The molecule has 22 heavy (non-hydrogen) atoms. The van der Waals surface area contributed by atoms with Crippen LogP contribution in [0, 0.1) is 0 Å². The molecule has 1 aromatic carbocycles. The van der Waals surface area contributed by atoms with E-state index in [-0.39, 0.29) is 5.91 Å². The topological polar surface area (TPSA) is 45.2 Å². The van der Waals surface area contributed by atoms with Crippen molar-refractivity contribution in [2.45, 2.75) is 31.3 Å². The van der Waals surface area contributed by atoms with E-state index in [0.29, 0.717) is 17.8 Å². The van der Waals surface area contributed by atoms with E-state index >= 15 is 0 Å². The Kier molecular flexibility index (Phi) is 3.68. The maximum atomic E-state index is 12.7. The summed E-state index contributed by atoms with van der Waals surface area (Å²) >= 11 is 1.54. The smallest absolute Gasteiger partial charge is 0.273 e. The van der Waals surface area contributed by atoms with Gasteiger partial charge >= 0.3 is 0 Å². The molecule has 0 aliphatic carbocycles. The van der Waals surface area contributed by atoms with Crippen molar-refractivity contribution in [2.75, 3.05) is 13.1 Å². The fraction of sp³-hybridized carbons (Fsp3) is 0.412. The van der Waals surface area contributed by atoms with Crippen molar-refractivity contribution in [3.63, 3.8) is 0 Å². The van der Waals surface area contributed by atoms with Gasteiger partial charge in [-0.3, -0.25) is 4.79 Å². The Hall–Kier alpha value is -1.72. The normalized spacial score (nSPS) is 24.3. The molecular formula is C17H19N3OS. The number of nitrogens with one attached hydrogen (secondary N) is 1. The third-order valence-electron chi connectivity index (χ3n) is 4.55. The number of hydrogen-bond donors (Lipinski definition) is 1. The minimum absolute atomic E-state index is 0.0766. The van der Waals surface area contributed by atoms with Gasteiger partial charge in [-0.15, -0.1) is 11.3 Å². The molecule has 0 spiro atoms. The molecule has 4 rings (SSSR count). The zero-order valence-electron chi connectivity index (χ0n) is 12.4. The van der Waals surface area contributed by atoms with Gasteiger partial charge in [0.2, 0.25) is 0 Å². The number of carbonyl (C=O) groups excluding carboxylic acids is 1. The van der Waals surface area contributed by atoms with Crippen LogP contribution in [0.4, 0.5) is 0 Å². The van der Waals surface area contributed by atoms with E-state index in [1.54, 1.807) is 11.3 Å². The SMILES string of the molecule is O=C(c1csc(-c2ccccc2)n1)N1CCC2CCC(C1)N2. The van der Waals surface area contributed by atoms with Gasteiger partial charge in [-0.25, -0.2) is 4.98 Å². The Morgan fingerprint density at radius 3 is 2.86 bits per heavy atom. The number of benzene rings is 1. The minimum atomic E-state index is 0.0766. The second kappa shape index (κ2) is 5.82. The number of carbonyl (C=O) groups is 1. The Labute approximate surface area is 134 Å². The maximum Gasteiger partial charge on any atom is 0.273 e. The molecule has 2 unspecified atom stereocenters. The molecule has 4 nitrogen and oxygen atoms in total. The standard InChI is InChI=1S/C17H19N3OS/c21-17(20-9-8-13-6-7-14(10-20)18-13)15-11-22-16(19-15)12-4-2-1-3-5-12/h1-5,11,13-14,18H,6-10H2. The van der Waals surface area contributed by atoms with Crippen LogP contribution in [0.5, 0.6) is 0 Å². The van der Waals surface area contributed by atoms with E-state index in [4.69, 9.17) is 0 Å². The highest BCUT2D eigenvalue weighted by Crippen LogP contribution is 2.25. The van der Waals surface area contributed by atoms with Crippen LogP contribution in [0.15, 0.2) is 35.7 Å². The Morgan fingerprint density at radius 1 is 1.18 bits per heavy atom. The number of rotatable bonds is 2. The number of aromatic nitrogens is 1. The molecule has 1 N–H and O–H groups in total. The lowest BCUT2D eigenvalue weighted by atomic mass is 10.1. The molecule has 1 aromatic heterocycles. The highest BCUT2D eigenvalue weighted by Gasteiger charge is 2.32. The zero-order valence-corrected chi connectivity index (χ0v) is 13.2. The van der Waals surface area contributed by atoms with Gasteiger partial charge < -0.3 is 10.2 Å². The van der Waals surface area contributed by atoms with E-state index in [1.807, 2.05) is 40.6 Å². The van der Waals surface area contributed by atoms with Crippen LogP contribution < -0.4 is 5.32 Å². The van der Waals surface area contributed by atoms with Crippen LogP contribution in [-0.4, -0.2) is 41.0 Å².